The van der Waals surface area contributed by atoms with Gasteiger partial charge in [-0.25, -0.2) is 0 Å². The first kappa shape index (κ1) is 22.7. The van der Waals surface area contributed by atoms with Gasteiger partial charge in [-0.1, -0.05) is 30.3 Å². The molecule has 3 amide bonds. The number of hydrogen-bond acceptors (Lipinski definition) is 6. The van der Waals surface area contributed by atoms with Crippen LogP contribution < -0.4 is 25.0 Å². The van der Waals surface area contributed by atoms with Gasteiger partial charge in [0.05, 0.1) is 5.92 Å². The van der Waals surface area contributed by atoms with Gasteiger partial charge in [0.1, 0.15) is 24.5 Å². The minimum absolute atomic E-state index is 0.0336. The zero-order chi connectivity index (χ0) is 25.4. The summed E-state index contributed by atoms with van der Waals surface area (Å²) in [6.45, 7) is 1.15. The molecule has 0 spiro atoms. The van der Waals surface area contributed by atoms with Crippen molar-refractivity contribution < 1.29 is 28.3 Å². The van der Waals surface area contributed by atoms with E-state index in [4.69, 9.17) is 13.9 Å². The minimum atomic E-state index is -0.574. The van der Waals surface area contributed by atoms with E-state index in [0.29, 0.717) is 41.4 Å². The molecule has 0 saturated carbocycles. The summed E-state index contributed by atoms with van der Waals surface area (Å²) in [5.41, 5.74) is 1.96. The molecule has 0 radical (unpaired) electrons. The monoisotopic (exact) mass is 497 g/mol. The zero-order valence-electron chi connectivity index (χ0n) is 19.7. The van der Waals surface area contributed by atoms with Gasteiger partial charge in [-0.05, 0) is 36.4 Å². The number of hydrogen-bond donors (Lipinski definition) is 2. The predicted molar refractivity (Wildman–Crippen MR) is 137 cm³/mol. The summed E-state index contributed by atoms with van der Waals surface area (Å²) in [6.07, 6.45) is 0.0786. The summed E-state index contributed by atoms with van der Waals surface area (Å²) in [5.74, 6) is -0.473. The van der Waals surface area contributed by atoms with Crippen LogP contribution in [-0.4, -0.2) is 37.5 Å². The first-order chi connectivity index (χ1) is 18.1. The Labute approximate surface area is 212 Å². The van der Waals surface area contributed by atoms with Crippen LogP contribution in [0.3, 0.4) is 0 Å². The van der Waals surface area contributed by atoms with Gasteiger partial charge in [-0.15, -0.1) is 0 Å². The Balaban J connectivity index is 1.25. The molecule has 9 heteroatoms. The highest BCUT2D eigenvalue weighted by atomic mass is 16.6. The number of furan rings is 1. The highest BCUT2D eigenvalue weighted by Gasteiger charge is 2.36. The lowest BCUT2D eigenvalue weighted by molar-refractivity contribution is -0.122. The molecule has 37 heavy (non-hydrogen) atoms. The van der Waals surface area contributed by atoms with Crippen LogP contribution >= 0.6 is 0 Å². The molecule has 3 heterocycles. The Bertz CT molecular complexity index is 1510. The van der Waals surface area contributed by atoms with Crippen molar-refractivity contribution in [3.05, 3.63) is 78.6 Å². The first-order valence-corrected chi connectivity index (χ1v) is 12.0. The van der Waals surface area contributed by atoms with E-state index in [9.17, 15) is 14.4 Å². The average Bonchev–Trinajstić information content (AvgIpc) is 3.50. The molecule has 1 aromatic heterocycles. The van der Waals surface area contributed by atoms with Gasteiger partial charge < -0.3 is 29.4 Å². The lowest BCUT2D eigenvalue weighted by Crippen LogP contribution is -2.28. The molecule has 2 N–H and O–H groups in total. The fraction of sp³-hybridized carbons (Fsp3) is 0.179. The summed E-state index contributed by atoms with van der Waals surface area (Å²) in [4.78, 5) is 40.8. The van der Waals surface area contributed by atoms with E-state index >= 15 is 0 Å². The average molecular weight is 498 g/mol. The Morgan fingerprint density at radius 1 is 0.865 bits per heavy atom. The Morgan fingerprint density at radius 3 is 2.46 bits per heavy atom. The molecule has 0 bridgehead atoms. The molecule has 1 unspecified atom stereocenters. The summed E-state index contributed by atoms with van der Waals surface area (Å²) in [7, 11) is 0. The molecular formula is C28H23N3O6. The lowest BCUT2D eigenvalue weighted by atomic mass is 10.1. The van der Waals surface area contributed by atoms with Crippen LogP contribution in [0.25, 0.3) is 11.0 Å². The molecule has 9 nitrogen and oxygen atoms in total. The van der Waals surface area contributed by atoms with Crippen LogP contribution in [0.2, 0.25) is 0 Å². The number of rotatable bonds is 5. The van der Waals surface area contributed by atoms with E-state index in [-0.39, 0.29) is 36.2 Å². The van der Waals surface area contributed by atoms with E-state index in [0.717, 1.165) is 5.69 Å². The second-order valence-electron chi connectivity index (χ2n) is 8.85. The van der Waals surface area contributed by atoms with Gasteiger partial charge in [0, 0.05) is 35.8 Å². The van der Waals surface area contributed by atoms with Gasteiger partial charge in [0.25, 0.3) is 5.91 Å². The Morgan fingerprint density at radius 2 is 1.62 bits per heavy atom. The molecule has 1 atom stereocenters. The van der Waals surface area contributed by atoms with E-state index in [2.05, 4.69) is 10.6 Å². The SMILES string of the molecule is O=C(Nc1ccc2c(c1)OCCO2)c1oc2ccccc2c1NC(=O)C1CC(=O)N(c2ccccc2)C1. The van der Waals surface area contributed by atoms with Crippen molar-refractivity contribution in [2.24, 2.45) is 5.92 Å². The number of nitrogens with zero attached hydrogens (tertiary/aromatic N) is 1. The molecular weight excluding hydrogens is 474 g/mol. The minimum Gasteiger partial charge on any atom is -0.486 e. The quantitative estimate of drug-likeness (QED) is 0.422. The van der Waals surface area contributed by atoms with E-state index in [1.54, 1.807) is 47.4 Å². The topological polar surface area (TPSA) is 110 Å². The molecule has 2 aliphatic heterocycles. The third-order valence-electron chi connectivity index (χ3n) is 6.41. The van der Waals surface area contributed by atoms with Crippen LogP contribution in [-0.2, 0) is 9.59 Å². The third-order valence-corrected chi connectivity index (χ3v) is 6.41. The maximum atomic E-state index is 13.3. The Kier molecular flexibility index (Phi) is 5.72. The Hall–Kier alpha value is -4.79. The molecule has 6 rings (SSSR count). The highest BCUT2D eigenvalue weighted by molar-refractivity contribution is 6.15. The van der Waals surface area contributed by atoms with E-state index in [1.807, 2.05) is 30.3 Å². The number of fused-ring (bicyclic) bond motifs is 2. The zero-order valence-corrected chi connectivity index (χ0v) is 19.7. The smallest absolute Gasteiger partial charge is 0.293 e. The fourth-order valence-corrected chi connectivity index (χ4v) is 4.60. The largest absolute Gasteiger partial charge is 0.486 e. The van der Waals surface area contributed by atoms with Gasteiger partial charge in [-0.3, -0.25) is 14.4 Å². The van der Waals surface area contributed by atoms with Crippen molar-refractivity contribution in [3.8, 4) is 11.5 Å². The van der Waals surface area contributed by atoms with Crippen LogP contribution in [0.4, 0.5) is 17.1 Å². The normalized spacial score (nSPS) is 16.6. The van der Waals surface area contributed by atoms with Gasteiger partial charge in [0.2, 0.25) is 17.6 Å². The number of carbonyl (C=O) groups is 3. The predicted octanol–water partition coefficient (Wildman–Crippen LogP) is 4.45. The number of para-hydroxylation sites is 2. The molecule has 2 aliphatic rings. The highest BCUT2D eigenvalue weighted by Crippen LogP contribution is 2.35. The summed E-state index contributed by atoms with van der Waals surface area (Å²) >= 11 is 0. The number of benzene rings is 3. The number of anilines is 3. The molecule has 1 saturated heterocycles. The number of ether oxygens (including phenoxy) is 2. The second kappa shape index (κ2) is 9.34. The third kappa shape index (κ3) is 4.35. The summed E-state index contributed by atoms with van der Waals surface area (Å²) in [6, 6.07) is 21.4. The van der Waals surface area contributed by atoms with Crippen molar-refractivity contribution in [1.82, 2.24) is 0 Å². The molecule has 1 fully saturated rings. The maximum Gasteiger partial charge on any atom is 0.293 e. The van der Waals surface area contributed by atoms with Crippen LogP contribution in [0.15, 0.2) is 77.2 Å². The van der Waals surface area contributed by atoms with E-state index < -0.39 is 11.8 Å². The van der Waals surface area contributed by atoms with Crippen LogP contribution in [0.5, 0.6) is 11.5 Å². The summed E-state index contributed by atoms with van der Waals surface area (Å²) < 4.78 is 17.0. The fourth-order valence-electron chi connectivity index (χ4n) is 4.60. The first-order valence-electron chi connectivity index (χ1n) is 12.0. The van der Waals surface area contributed by atoms with Crippen molar-refractivity contribution in [2.75, 3.05) is 35.3 Å². The van der Waals surface area contributed by atoms with Crippen molar-refractivity contribution in [2.45, 2.75) is 6.42 Å². The molecule has 0 aliphatic carbocycles. The summed E-state index contributed by atoms with van der Waals surface area (Å²) in [5, 5.41) is 6.26. The van der Waals surface area contributed by atoms with Crippen molar-refractivity contribution in [1.29, 1.82) is 0 Å². The van der Waals surface area contributed by atoms with E-state index in [1.165, 1.54) is 0 Å². The molecule has 3 aromatic carbocycles. The number of nitrogens with one attached hydrogen (secondary N) is 2. The second-order valence-corrected chi connectivity index (χ2v) is 8.85. The molecule has 186 valence electrons. The number of amides is 3. The maximum absolute atomic E-state index is 13.3. The standard InChI is InChI=1S/C28H23N3O6/c32-24-14-17(16-31(24)19-6-2-1-3-7-19)27(33)30-25-20-8-4-5-9-21(20)37-26(25)28(34)29-18-10-11-22-23(15-18)36-13-12-35-22/h1-11,15,17H,12-14,16H2,(H,29,34)(H,30,33). The van der Waals surface area contributed by atoms with Crippen molar-refractivity contribution >= 4 is 45.8 Å². The van der Waals surface area contributed by atoms with Crippen LogP contribution in [0, 0.1) is 5.92 Å². The van der Waals surface area contributed by atoms with Gasteiger partial charge in [-0.2, -0.15) is 0 Å². The van der Waals surface area contributed by atoms with Gasteiger partial charge >= 0.3 is 0 Å². The van der Waals surface area contributed by atoms with Crippen LogP contribution in [0.1, 0.15) is 17.0 Å². The lowest BCUT2D eigenvalue weighted by Gasteiger charge is -2.19. The van der Waals surface area contributed by atoms with Crippen molar-refractivity contribution in [3.63, 3.8) is 0 Å². The number of carbonyl (C=O) groups excluding carboxylic acids is 3. The van der Waals surface area contributed by atoms with Gasteiger partial charge in [0.15, 0.2) is 11.5 Å². The molecule has 4 aromatic rings.